The topological polar surface area (TPSA) is 244 Å². The Balaban J connectivity index is 0.607. The van der Waals surface area contributed by atoms with Crippen molar-refractivity contribution in [1.82, 2.24) is 64.7 Å². The molecular formula is C63H77F2N15O6S2. The highest BCUT2D eigenvalue weighted by Crippen LogP contribution is 2.43. The first kappa shape index (κ1) is 62.0. The smallest absolute Gasteiger partial charge is 0.325 e. The van der Waals surface area contributed by atoms with Gasteiger partial charge in [-0.25, -0.2) is 23.7 Å². The number of nitrogen functional groups attached to an aromatic ring is 1. The molecule has 4 amide bonds. The molecule has 0 saturated carbocycles. The molecule has 4 aliphatic rings. The van der Waals surface area contributed by atoms with E-state index >= 15 is 8.78 Å². The molecule has 466 valence electrons. The maximum Gasteiger partial charge on any atom is 0.325 e. The van der Waals surface area contributed by atoms with Crippen LogP contribution in [0.25, 0.3) is 54.8 Å². The predicted octanol–water partition coefficient (Wildman–Crippen LogP) is 7.75. The lowest BCUT2D eigenvalue weighted by atomic mass is 9.90. The fourth-order valence-electron chi connectivity index (χ4n) is 12.8. The van der Waals surface area contributed by atoms with Crippen LogP contribution in [-0.2, 0) is 41.8 Å². The number of methoxy groups -OCH3 is 1. The number of aromatic nitrogens is 7. The van der Waals surface area contributed by atoms with Gasteiger partial charge in [0.25, 0.3) is 0 Å². The monoisotopic (exact) mass is 1240 g/mol. The number of rotatable bonds is 21. The van der Waals surface area contributed by atoms with Crippen LogP contribution in [0.5, 0.6) is 0 Å². The van der Waals surface area contributed by atoms with Crippen LogP contribution in [0.1, 0.15) is 81.3 Å². The van der Waals surface area contributed by atoms with E-state index in [9.17, 15) is 24.0 Å². The van der Waals surface area contributed by atoms with E-state index in [1.165, 1.54) is 41.1 Å². The van der Waals surface area contributed by atoms with Gasteiger partial charge >= 0.3 is 5.97 Å². The number of carbonyl (C=O) groups excluding carboxylic acids is 5. The van der Waals surface area contributed by atoms with Crippen molar-refractivity contribution in [2.24, 2.45) is 17.8 Å². The van der Waals surface area contributed by atoms with Gasteiger partial charge in [0, 0.05) is 85.0 Å². The van der Waals surface area contributed by atoms with E-state index in [2.05, 4.69) is 51.9 Å². The molecule has 0 aliphatic carbocycles. The maximum absolute atomic E-state index is 16.1. The van der Waals surface area contributed by atoms with Crippen molar-refractivity contribution in [3.05, 3.63) is 89.3 Å². The van der Waals surface area contributed by atoms with E-state index in [1.54, 1.807) is 36.7 Å². The molecule has 5 N–H and O–H groups in total. The predicted molar refractivity (Wildman–Crippen MR) is 337 cm³/mol. The van der Waals surface area contributed by atoms with Crippen LogP contribution in [0.2, 0.25) is 0 Å². The van der Waals surface area contributed by atoms with Crippen molar-refractivity contribution in [2.45, 2.75) is 90.6 Å². The summed E-state index contributed by atoms with van der Waals surface area (Å²) in [5.74, 6) is 0.0151. The van der Waals surface area contributed by atoms with Gasteiger partial charge in [-0.3, -0.25) is 38.2 Å². The first-order chi connectivity index (χ1) is 42.7. The van der Waals surface area contributed by atoms with Crippen molar-refractivity contribution in [3.63, 3.8) is 0 Å². The number of fused-ring (bicyclic) bond motifs is 2. The number of aryl methyl sites for hydroxylation is 1. The molecular weight excluding hydrogens is 1160 g/mol. The molecule has 0 atom stereocenters. The van der Waals surface area contributed by atoms with Crippen LogP contribution in [0.15, 0.2) is 67.0 Å². The number of halogens is 2. The molecule has 3 aromatic carbocycles. The molecule has 25 heteroatoms. The Morgan fingerprint density at radius 2 is 1.45 bits per heavy atom. The molecule has 4 aliphatic heterocycles. The number of nitrogens with zero attached hydrogens (tertiary/aromatic N) is 11. The van der Waals surface area contributed by atoms with Crippen LogP contribution in [0.3, 0.4) is 0 Å². The Morgan fingerprint density at radius 3 is 2.20 bits per heavy atom. The van der Waals surface area contributed by atoms with E-state index in [1.807, 2.05) is 45.7 Å². The number of piperidine rings is 4. The number of thiazole rings is 1. The fourth-order valence-corrected chi connectivity index (χ4v) is 14.7. The Kier molecular flexibility index (Phi) is 19.9. The van der Waals surface area contributed by atoms with Gasteiger partial charge in [0.15, 0.2) is 5.82 Å². The van der Waals surface area contributed by atoms with Crippen molar-refractivity contribution in [2.75, 3.05) is 102 Å². The minimum absolute atomic E-state index is 0.00822. The number of esters is 1. The Morgan fingerprint density at radius 1 is 0.750 bits per heavy atom. The third kappa shape index (κ3) is 14.4. The summed E-state index contributed by atoms with van der Waals surface area (Å²) >= 11 is 2.99. The Hall–Kier alpha value is -7.61. The number of benzene rings is 3. The summed E-state index contributed by atoms with van der Waals surface area (Å²) in [6, 6.07) is 15.9. The van der Waals surface area contributed by atoms with Crippen LogP contribution >= 0.6 is 23.3 Å². The molecule has 21 nitrogen and oxygen atoms in total. The molecule has 7 aromatic rings. The molecule has 0 radical (unpaired) electrons. The van der Waals surface area contributed by atoms with Gasteiger partial charge in [0.05, 0.1) is 70.1 Å². The second-order valence-corrected chi connectivity index (χ2v) is 25.6. The third-order valence-corrected chi connectivity index (χ3v) is 20.0. The minimum Gasteiger partial charge on any atom is -0.468 e. The standard InChI is InChI=1S/C63H77F2N15O6S2/c1-4-29-87-74-49-9-5-8-46(58(49)65)59-60(50-11-20-67-63(66)71-50)88-61(72-59)42-18-27-78(28-19-42)62(85)43-16-23-75(24-17-43)35-40-14-25-77(26-15-40)55(83)38-76-21-12-41(13-22-76)36-79-52-31-47(48(64)30-44(52)32-70-79)45-7-6-10-51-57(45)39(2)73-80(51)37-54(82)68-33-53(81)69-34-56(84)86-3/h5-11,20,30-32,40-43,74H,4,12-19,21-29,33-38H2,1-3H3,(H,68,82)(H,69,81)(H2,66,67,71). The molecule has 88 heavy (non-hydrogen) atoms. The van der Waals surface area contributed by atoms with Crippen LogP contribution < -0.4 is 21.1 Å². The van der Waals surface area contributed by atoms with Crippen LogP contribution in [-0.4, -0.2) is 175 Å². The van der Waals surface area contributed by atoms with Crippen molar-refractivity contribution in [1.29, 1.82) is 0 Å². The van der Waals surface area contributed by atoms with Gasteiger partial charge in [-0.15, -0.1) is 11.3 Å². The van der Waals surface area contributed by atoms with E-state index in [4.69, 9.17) is 15.8 Å². The summed E-state index contributed by atoms with van der Waals surface area (Å²) < 4.78 is 43.3. The zero-order chi connectivity index (χ0) is 61.4. The lowest BCUT2D eigenvalue weighted by Crippen LogP contribution is -2.48. The number of ether oxygens (including phenoxy) is 1. The minimum atomic E-state index is -0.606. The van der Waals surface area contributed by atoms with Crippen molar-refractivity contribution < 1.29 is 37.5 Å². The van der Waals surface area contributed by atoms with Crippen LogP contribution in [0.4, 0.5) is 20.4 Å². The number of hydrogen-bond donors (Lipinski definition) is 4. The first-order valence-electron chi connectivity index (χ1n) is 30.7. The summed E-state index contributed by atoms with van der Waals surface area (Å²) in [6.07, 6.45) is 11.3. The Labute approximate surface area is 518 Å². The molecule has 8 heterocycles. The lowest BCUT2D eigenvalue weighted by Gasteiger charge is -2.39. The normalized spacial score (nSPS) is 17.0. The summed E-state index contributed by atoms with van der Waals surface area (Å²) in [5, 5.41) is 16.5. The number of nitrogens with two attached hydrogens (primary N) is 1. The van der Waals surface area contributed by atoms with Crippen molar-refractivity contribution in [3.8, 4) is 33.0 Å². The number of nitrogens with one attached hydrogen (secondary N) is 3. The molecule has 0 spiro atoms. The van der Waals surface area contributed by atoms with E-state index in [-0.39, 0.29) is 55.1 Å². The number of carbonyl (C=O) groups is 5. The SMILES string of the molecule is CCCSNc1cccc(-c2nc(C3CCN(C(=O)C4CCN(CC5CCN(C(=O)CN6CCC(Cn7ncc8cc(F)c(-c9cccc%10c9c(C)nn%10CC(=O)NCC(=O)NCC(=O)OC)cc87)CC6)CC5)CC4)CC3)sc2-c2ccnc(N)n2)c1F. The van der Waals surface area contributed by atoms with Gasteiger partial charge < -0.3 is 40.5 Å². The summed E-state index contributed by atoms with van der Waals surface area (Å²) in [5.41, 5.74) is 11.0. The third-order valence-electron chi connectivity index (χ3n) is 17.7. The molecule has 11 rings (SSSR count). The molecule has 0 unspecified atom stereocenters. The van der Waals surface area contributed by atoms with Gasteiger partial charge in [-0.2, -0.15) is 10.2 Å². The van der Waals surface area contributed by atoms with E-state index < -0.39 is 23.6 Å². The number of likely N-dealkylation sites (tertiary alicyclic amines) is 4. The average Bonchev–Trinajstić information content (AvgIpc) is 1.78. The number of hydrogen-bond acceptors (Lipinski definition) is 17. The summed E-state index contributed by atoms with van der Waals surface area (Å²) in [4.78, 5) is 87.3. The van der Waals surface area contributed by atoms with Gasteiger partial charge in [0.1, 0.15) is 18.9 Å². The molecule has 4 saturated heterocycles. The highest BCUT2D eigenvalue weighted by Gasteiger charge is 2.35. The largest absolute Gasteiger partial charge is 0.468 e. The Bertz CT molecular complexity index is 3660. The summed E-state index contributed by atoms with van der Waals surface area (Å²) in [7, 11) is 1.21. The molecule has 0 bridgehead atoms. The number of amides is 4. The lowest BCUT2D eigenvalue weighted by molar-refractivity contribution is -0.141. The van der Waals surface area contributed by atoms with Gasteiger partial charge in [-0.1, -0.05) is 37.1 Å². The molecule has 4 aromatic heterocycles. The van der Waals surface area contributed by atoms with E-state index in [0.717, 1.165) is 125 Å². The quantitative estimate of drug-likeness (QED) is 0.0305. The first-order valence-corrected chi connectivity index (χ1v) is 32.5. The highest BCUT2D eigenvalue weighted by atomic mass is 32.2. The van der Waals surface area contributed by atoms with Gasteiger partial charge in [-0.05, 0) is 145 Å². The average molecular weight is 1240 g/mol. The fraction of sp³-hybridized carbons (Fsp3) is 0.492. The van der Waals surface area contributed by atoms with Gasteiger partial charge in [0.2, 0.25) is 29.6 Å². The zero-order valence-electron chi connectivity index (χ0n) is 50.1. The summed E-state index contributed by atoms with van der Waals surface area (Å²) in [6.45, 7) is 11.4. The highest BCUT2D eigenvalue weighted by molar-refractivity contribution is 8.00. The van der Waals surface area contributed by atoms with Crippen molar-refractivity contribution >= 4 is 86.3 Å². The van der Waals surface area contributed by atoms with E-state index in [0.29, 0.717) is 93.8 Å². The second-order valence-electron chi connectivity index (χ2n) is 23.7. The van der Waals surface area contributed by atoms with Crippen LogP contribution in [0, 0.1) is 36.3 Å². The second kappa shape index (κ2) is 28.3. The molecule has 4 fully saturated rings. The number of anilines is 2. The zero-order valence-corrected chi connectivity index (χ0v) is 51.8. The maximum atomic E-state index is 16.1.